The Bertz CT molecular complexity index is 885. The van der Waals surface area contributed by atoms with Crippen LogP contribution in [0.5, 0.6) is 11.5 Å². The van der Waals surface area contributed by atoms with E-state index in [1.807, 2.05) is 31.2 Å². The van der Waals surface area contributed by atoms with Gasteiger partial charge in [0.2, 0.25) is 0 Å². The van der Waals surface area contributed by atoms with Crippen molar-refractivity contribution >= 4 is 5.97 Å². The van der Waals surface area contributed by atoms with Gasteiger partial charge in [-0.25, -0.2) is 4.39 Å². The number of benzene rings is 1. The van der Waals surface area contributed by atoms with Crippen molar-refractivity contribution in [3.63, 3.8) is 0 Å². The molecule has 0 aromatic heterocycles. The highest BCUT2D eigenvalue weighted by Gasteiger charge is 2.43. The van der Waals surface area contributed by atoms with Crippen LogP contribution in [0.3, 0.4) is 0 Å². The second kappa shape index (κ2) is 10.8. The molecule has 1 aromatic carbocycles. The van der Waals surface area contributed by atoms with Crippen LogP contribution in [-0.2, 0) is 9.63 Å². The van der Waals surface area contributed by atoms with Gasteiger partial charge in [-0.15, -0.1) is 0 Å². The van der Waals surface area contributed by atoms with Crippen molar-refractivity contribution in [1.29, 1.82) is 0 Å². The Morgan fingerprint density at radius 2 is 2.03 bits per heavy atom. The first-order valence-electron chi connectivity index (χ1n) is 13.0. The van der Waals surface area contributed by atoms with Crippen LogP contribution in [-0.4, -0.2) is 55.4 Å². The van der Waals surface area contributed by atoms with Crippen LogP contribution >= 0.6 is 0 Å². The molecule has 34 heavy (non-hydrogen) atoms. The molecule has 3 aliphatic heterocycles. The number of fused-ring (bicyclic) bond motifs is 2. The molecule has 0 radical (unpaired) electrons. The van der Waals surface area contributed by atoms with Gasteiger partial charge in [0, 0.05) is 24.4 Å². The predicted octanol–water partition coefficient (Wildman–Crippen LogP) is 4.55. The first-order valence-corrected chi connectivity index (χ1v) is 13.0. The minimum Gasteiger partial charge on any atom is -0.493 e. The Morgan fingerprint density at radius 3 is 2.88 bits per heavy atom. The summed E-state index contributed by atoms with van der Waals surface area (Å²) in [6.07, 6.45) is 9.45. The molecule has 1 N–H and O–H groups in total. The number of piperidine rings is 1. The molecule has 0 amide bonds. The van der Waals surface area contributed by atoms with E-state index in [1.54, 1.807) is 6.08 Å². The Morgan fingerprint density at radius 1 is 1.18 bits per heavy atom. The Kier molecular flexibility index (Phi) is 7.52. The first kappa shape index (κ1) is 23.8. The number of nitrogens with zero attached hydrogens (tertiary/aromatic N) is 1. The third-order valence-corrected chi connectivity index (χ3v) is 7.94. The lowest BCUT2D eigenvalue weighted by molar-refractivity contribution is -0.135. The molecule has 5 unspecified atom stereocenters. The maximum Gasteiger partial charge on any atom is 0.311 e. The predicted molar refractivity (Wildman–Crippen MR) is 128 cm³/mol. The second-order valence-electron chi connectivity index (χ2n) is 10.4. The summed E-state index contributed by atoms with van der Waals surface area (Å²) in [4.78, 5) is 19.9. The lowest BCUT2D eigenvalue weighted by atomic mass is 9.78. The number of unbranched alkanes of at least 4 members (excludes halogenated alkanes) is 2. The number of halogens is 1. The lowest BCUT2D eigenvalue weighted by Gasteiger charge is -2.36. The average Bonchev–Trinajstić information content (AvgIpc) is 3.24. The van der Waals surface area contributed by atoms with Crippen LogP contribution in [0.4, 0.5) is 4.39 Å². The molecule has 186 valence electrons. The van der Waals surface area contributed by atoms with Gasteiger partial charge in [0.15, 0.2) is 0 Å². The zero-order chi connectivity index (χ0) is 23.5. The second-order valence-corrected chi connectivity index (χ2v) is 10.4. The number of hydrogen-bond acceptors (Lipinski definition) is 6. The minimum atomic E-state index is -0.865. The molecule has 0 spiro atoms. The van der Waals surface area contributed by atoms with E-state index in [1.165, 1.54) is 19.3 Å². The molecule has 7 heteroatoms. The third kappa shape index (κ3) is 5.47. The zero-order valence-corrected chi connectivity index (χ0v) is 20.1. The van der Waals surface area contributed by atoms with Gasteiger partial charge < -0.3 is 14.4 Å². The number of likely N-dealkylation sites (tertiary alicyclic amines) is 1. The van der Waals surface area contributed by atoms with Crippen LogP contribution in [0.25, 0.3) is 0 Å². The standard InChI is InChI=1S/C27H37FN2O4/c1-18-15-26(31)33-24-17-21(6-8-22(18)24)32-14-4-2-3-11-30-12-9-19(10-13-30)27-23-7-5-20(28)16-25(23)34-29-27/h5-8,17-20,23,25,27,29H,2-4,9-16H2,1H3. The molecule has 2 saturated heterocycles. The molecule has 0 bridgehead atoms. The SMILES string of the molecule is CC1CC(=O)Oc2cc(OCCCCCN3CCC(C4NOC5CC(F)C=CC54)CC3)ccc21. The van der Waals surface area contributed by atoms with E-state index in [4.69, 9.17) is 14.3 Å². The van der Waals surface area contributed by atoms with Crippen LogP contribution in [0.2, 0.25) is 0 Å². The van der Waals surface area contributed by atoms with Crippen molar-refractivity contribution in [2.45, 2.75) is 76.1 Å². The maximum atomic E-state index is 13.6. The number of allylic oxidation sites excluding steroid dienone is 1. The van der Waals surface area contributed by atoms with Gasteiger partial charge in [0.25, 0.3) is 0 Å². The zero-order valence-electron chi connectivity index (χ0n) is 20.1. The molecule has 5 rings (SSSR count). The topological polar surface area (TPSA) is 60.0 Å². The van der Waals surface area contributed by atoms with Crippen molar-refractivity contribution in [1.82, 2.24) is 10.4 Å². The van der Waals surface area contributed by atoms with Crippen molar-refractivity contribution in [2.75, 3.05) is 26.2 Å². The van der Waals surface area contributed by atoms with E-state index < -0.39 is 6.17 Å². The summed E-state index contributed by atoms with van der Waals surface area (Å²) in [7, 11) is 0. The van der Waals surface area contributed by atoms with Crippen LogP contribution < -0.4 is 15.0 Å². The average molecular weight is 473 g/mol. The van der Waals surface area contributed by atoms with Crippen LogP contribution in [0.1, 0.15) is 63.4 Å². The van der Waals surface area contributed by atoms with Gasteiger partial charge in [-0.2, -0.15) is 5.48 Å². The van der Waals surface area contributed by atoms with Crippen molar-refractivity contribution in [3.05, 3.63) is 35.9 Å². The van der Waals surface area contributed by atoms with Crippen LogP contribution in [0.15, 0.2) is 30.4 Å². The normalized spacial score (nSPS) is 31.7. The molecule has 3 heterocycles. The van der Waals surface area contributed by atoms with E-state index in [0.717, 1.165) is 43.8 Å². The highest BCUT2D eigenvalue weighted by atomic mass is 19.1. The maximum absolute atomic E-state index is 13.6. The minimum absolute atomic E-state index is 0.00914. The molecular weight excluding hydrogens is 435 g/mol. The quantitative estimate of drug-likeness (QED) is 0.259. The third-order valence-electron chi connectivity index (χ3n) is 7.94. The number of esters is 1. The Balaban J connectivity index is 0.968. The number of hydroxylamine groups is 1. The lowest BCUT2D eigenvalue weighted by Crippen LogP contribution is -2.43. The molecule has 6 nitrogen and oxygen atoms in total. The largest absolute Gasteiger partial charge is 0.493 e. The molecule has 1 aliphatic carbocycles. The van der Waals surface area contributed by atoms with E-state index in [0.29, 0.717) is 43.1 Å². The molecular formula is C27H37FN2O4. The summed E-state index contributed by atoms with van der Waals surface area (Å²) in [6, 6.07) is 6.16. The number of nitrogens with one attached hydrogen (secondary N) is 1. The fourth-order valence-electron chi connectivity index (χ4n) is 5.93. The van der Waals surface area contributed by atoms with Gasteiger partial charge >= 0.3 is 5.97 Å². The number of alkyl halides is 1. The van der Waals surface area contributed by atoms with Crippen molar-refractivity contribution < 1.29 is 23.5 Å². The van der Waals surface area contributed by atoms with Crippen LogP contribution in [0, 0.1) is 11.8 Å². The van der Waals surface area contributed by atoms with Crippen molar-refractivity contribution in [2.24, 2.45) is 11.8 Å². The molecule has 2 fully saturated rings. The van der Waals surface area contributed by atoms with Crippen molar-refractivity contribution in [3.8, 4) is 11.5 Å². The van der Waals surface area contributed by atoms with Gasteiger partial charge in [-0.05, 0) is 75.2 Å². The molecule has 4 aliphatic rings. The summed E-state index contributed by atoms with van der Waals surface area (Å²) in [6.45, 7) is 6.10. The smallest absolute Gasteiger partial charge is 0.311 e. The Hall–Kier alpha value is -1.96. The van der Waals surface area contributed by atoms with Gasteiger partial charge in [0.05, 0.1) is 19.1 Å². The summed E-state index contributed by atoms with van der Waals surface area (Å²) in [5.74, 6) is 2.35. The summed E-state index contributed by atoms with van der Waals surface area (Å²) in [5.41, 5.74) is 4.31. The fraction of sp³-hybridized carbons (Fsp3) is 0.667. The van der Waals surface area contributed by atoms with E-state index in [-0.39, 0.29) is 18.0 Å². The van der Waals surface area contributed by atoms with Gasteiger partial charge in [0.1, 0.15) is 17.7 Å². The fourth-order valence-corrected chi connectivity index (χ4v) is 5.93. The van der Waals surface area contributed by atoms with E-state index in [2.05, 4.69) is 10.4 Å². The number of hydrogen-bond donors (Lipinski definition) is 1. The Labute approximate surface area is 201 Å². The number of rotatable bonds is 8. The highest BCUT2D eigenvalue weighted by molar-refractivity contribution is 5.76. The first-order chi connectivity index (χ1) is 16.6. The summed E-state index contributed by atoms with van der Waals surface area (Å²) in [5, 5.41) is 0. The highest BCUT2D eigenvalue weighted by Crippen LogP contribution is 2.37. The number of carbonyl (C=O) groups is 1. The van der Waals surface area contributed by atoms with E-state index >= 15 is 0 Å². The molecule has 0 saturated carbocycles. The van der Waals surface area contributed by atoms with E-state index in [9.17, 15) is 9.18 Å². The summed E-state index contributed by atoms with van der Waals surface area (Å²) < 4.78 is 24.9. The molecule has 5 atom stereocenters. The van der Waals surface area contributed by atoms with Gasteiger partial charge in [-0.1, -0.05) is 25.1 Å². The monoisotopic (exact) mass is 472 g/mol. The summed E-state index contributed by atoms with van der Waals surface area (Å²) >= 11 is 0. The number of ether oxygens (including phenoxy) is 2. The number of carbonyl (C=O) groups excluding carboxylic acids is 1. The van der Waals surface area contributed by atoms with Gasteiger partial charge in [-0.3, -0.25) is 9.63 Å². The molecule has 1 aromatic rings.